The largest absolute Gasteiger partial charge is 0.469 e. The second kappa shape index (κ2) is 6.38. The van der Waals surface area contributed by atoms with E-state index in [4.69, 9.17) is 0 Å². The minimum absolute atomic E-state index is 0.169. The summed E-state index contributed by atoms with van der Waals surface area (Å²) in [4.78, 5) is 22.4. The van der Waals surface area contributed by atoms with Gasteiger partial charge in [0.1, 0.15) is 5.78 Å². The van der Waals surface area contributed by atoms with Crippen LogP contribution in [0.25, 0.3) is 0 Å². The average molecular weight is 212 g/mol. The van der Waals surface area contributed by atoms with Crippen molar-refractivity contribution in [3.63, 3.8) is 0 Å². The summed E-state index contributed by atoms with van der Waals surface area (Å²) in [6, 6.07) is 0. The third-order valence-electron chi connectivity index (χ3n) is 2.49. The SMILES string of the molecule is C=CC(C)(C)C(=O)CCCCC(=O)OC. The number of ether oxygens (including phenoxy) is 1. The molecule has 86 valence electrons. The van der Waals surface area contributed by atoms with Gasteiger partial charge in [-0.2, -0.15) is 0 Å². The van der Waals surface area contributed by atoms with E-state index < -0.39 is 5.41 Å². The number of carbonyl (C=O) groups is 2. The van der Waals surface area contributed by atoms with Crippen LogP contribution in [0, 0.1) is 5.41 Å². The Kier molecular flexibility index (Phi) is 5.90. The minimum Gasteiger partial charge on any atom is -0.469 e. The molecular weight excluding hydrogens is 192 g/mol. The first-order valence-corrected chi connectivity index (χ1v) is 5.17. The van der Waals surface area contributed by atoms with Gasteiger partial charge in [0, 0.05) is 18.3 Å². The van der Waals surface area contributed by atoms with E-state index in [2.05, 4.69) is 11.3 Å². The number of carbonyl (C=O) groups excluding carboxylic acids is 2. The van der Waals surface area contributed by atoms with E-state index in [0.29, 0.717) is 19.3 Å². The zero-order valence-corrected chi connectivity index (χ0v) is 9.84. The molecule has 3 heteroatoms. The van der Waals surface area contributed by atoms with E-state index in [9.17, 15) is 9.59 Å². The van der Waals surface area contributed by atoms with Crippen LogP contribution in [0.4, 0.5) is 0 Å². The van der Waals surface area contributed by atoms with Gasteiger partial charge in [-0.3, -0.25) is 9.59 Å². The second-order valence-corrected chi connectivity index (χ2v) is 4.13. The van der Waals surface area contributed by atoms with E-state index in [1.165, 1.54) is 7.11 Å². The number of methoxy groups -OCH3 is 1. The predicted octanol–water partition coefficient (Wildman–Crippen LogP) is 2.50. The molecule has 0 fully saturated rings. The maximum absolute atomic E-state index is 11.6. The van der Waals surface area contributed by atoms with Gasteiger partial charge in [0.25, 0.3) is 0 Å². The quantitative estimate of drug-likeness (QED) is 0.370. The molecule has 0 saturated carbocycles. The van der Waals surface area contributed by atoms with E-state index >= 15 is 0 Å². The van der Waals surface area contributed by atoms with Crippen LogP contribution in [0.1, 0.15) is 39.5 Å². The van der Waals surface area contributed by atoms with Gasteiger partial charge in [0.15, 0.2) is 0 Å². The van der Waals surface area contributed by atoms with Crippen LogP contribution >= 0.6 is 0 Å². The molecule has 0 spiro atoms. The fourth-order valence-corrected chi connectivity index (χ4v) is 1.09. The number of allylic oxidation sites excluding steroid dienone is 1. The molecule has 0 aliphatic heterocycles. The summed E-state index contributed by atoms with van der Waals surface area (Å²) in [7, 11) is 1.37. The predicted molar refractivity (Wildman–Crippen MR) is 59.5 cm³/mol. The van der Waals surface area contributed by atoms with E-state index in [-0.39, 0.29) is 11.8 Å². The van der Waals surface area contributed by atoms with Crippen molar-refractivity contribution in [1.29, 1.82) is 0 Å². The van der Waals surface area contributed by atoms with Crippen LogP contribution in [-0.2, 0) is 14.3 Å². The molecule has 0 radical (unpaired) electrons. The molecule has 0 saturated heterocycles. The first-order valence-electron chi connectivity index (χ1n) is 5.17. The van der Waals surface area contributed by atoms with Crippen molar-refractivity contribution in [2.45, 2.75) is 39.5 Å². The Labute approximate surface area is 91.5 Å². The van der Waals surface area contributed by atoms with Gasteiger partial charge in [-0.15, -0.1) is 6.58 Å². The molecule has 0 bridgehead atoms. The highest BCUT2D eigenvalue weighted by molar-refractivity contribution is 5.85. The fourth-order valence-electron chi connectivity index (χ4n) is 1.09. The Morgan fingerprint density at radius 1 is 1.27 bits per heavy atom. The number of rotatable bonds is 7. The van der Waals surface area contributed by atoms with Gasteiger partial charge in [0.05, 0.1) is 7.11 Å². The Morgan fingerprint density at radius 3 is 2.27 bits per heavy atom. The normalized spacial score (nSPS) is 10.9. The van der Waals surface area contributed by atoms with Crippen LogP contribution in [0.2, 0.25) is 0 Å². The zero-order valence-electron chi connectivity index (χ0n) is 9.84. The molecule has 0 aromatic rings. The monoisotopic (exact) mass is 212 g/mol. The lowest BCUT2D eigenvalue weighted by molar-refractivity contribution is -0.140. The van der Waals surface area contributed by atoms with Crippen molar-refractivity contribution in [3.8, 4) is 0 Å². The topological polar surface area (TPSA) is 43.4 Å². The number of hydrogen-bond acceptors (Lipinski definition) is 3. The minimum atomic E-state index is -0.453. The van der Waals surface area contributed by atoms with Gasteiger partial charge in [0.2, 0.25) is 0 Å². The van der Waals surface area contributed by atoms with Crippen LogP contribution in [-0.4, -0.2) is 18.9 Å². The molecule has 0 heterocycles. The molecule has 0 amide bonds. The Hall–Kier alpha value is -1.12. The lowest BCUT2D eigenvalue weighted by Crippen LogP contribution is -2.21. The van der Waals surface area contributed by atoms with Gasteiger partial charge >= 0.3 is 5.97 Å². The molecule has 0 atom stereocenters. The molecule has 3 nitrogen and oxygen atoms in total. The van der Waals surface area contributed by atoms with Crippen molar-refractivity contribution < 1.29 is 14.3 Å². The first-order chi connectivity index (χ1) is 6.94. The summed E-state index contributed by atoms with van der Waals surface area (Å²) < 4.78 is 4.51. The van der Waals surface area contributed by atoms with E-state index in [1.807, 2.05) is 13.8 Å². The third kappa shape index (κ3) is 5.35. The number of Topliss-reactive ketones (excluding diaryl/α,β-unsaturated/α-hetero) is 1. The molecule has 15 heavy (non-hydrogen) atoms. The number of hydrogen-bond donors (Lipinski definition) is 0. The molecular formula is C12H20O3. The van der Waals surface area contributed by atoms with Crippen LogP contribution in [0.5, 0.6) is 0 Å². The highest BCUT2D eigenvalue weighted by atomic mass is 16.5. The first kappa shape index (κ1) is 13.9. The smallest absolute Gasteiger partial charge is 0.305 e. The van der Waals surface area contributed by atoms with Crippen molar-refractivity contribution >= 4 is 11.8 Å². The van der Waals surface area contributed by atoms with Gasteiger partial charge in [-0.05, 0) is 26.7 Å². The van der Waals surface area contributed by atoms with E-state index in [0.717, 1.165) is 6.42 Å². The summed E-state index contributed by atoms with van der Waals surface area (Å²) in [6.07, 6.45) is 3.97. The number of ketones is 1. The Morgan fingerprint density at radius 2 is 1.80 bits per heavy atom. The second-order valence-electron chi connectivity index (χ2n) is 4.13. The molecule has 0 N–H and O–H groups in total. The molecule has 0 aliphatic carbocycles. The van der Waals surface area contributed by atoms with Gasteiger partial charge in [-0.1, -0.05) is 6.08 Å². The molecule has 0 aromatic heterocycles. The van der Waals surface area contributed by atoms with Crippen molar-refractivity contribution in [2.24, 2.45) is 5.41 Å². The molecule has 0 aliphatic rings. The van der Waals surface area contributed by atoms with E-state index in [1.54, 1.807) is 6.08 Å². The molecule has 0 rings (SSSR count). The Balaban J connectivity index is 3.74. The summed E-state index contributed by atoms with van der Waals surface area (Å²) in [5.41, 5.74) is -0.453. The molecule has 0 aromatic carbocycles. The number of unbranched alkanes of at least 4 members (excludes halogenated alkanes) is 1. The summed E-state index contributed by atoms with van der Waals surface area (Å²) in [6.45, 7) is 7.33. The summed E-state index contributed by atoms with van der Waals surface area (Å²) in [5.74, 6) is -0.0483. The molecule has 0 unspecified atom stereocenters. The lowest BCUT2D eigenvalue weighted by Gasteiger charge is -2.17. The Bertz CT molecular complexity index is 241. The average Bonchev–Trinajstić information content (AvgIpc) is 2.23. The summed E-state index contributed by atoms with van der Waals surface area (Å²) in [5, 5.41) is 0. The fraction of sp³-hybridized carbons (Fsp3) is 0.667. The highest BCUT2D eigenvalue weighted by Gasteiger charge is 2.22. The van der Waals surface area contributed by atoms with Crippen LogP contribution in [0.15, 0.2) is 12.7 Å². The maximum atomic E-state index is 11.6. The van der Waals surface area contributed by atoms with Crippen molar-refractivity contribution in [3.05, 3.63) is 12.7 Å². The zero-order chi connectivity index (χ0) is 11.9. The van der Waals surface area contributed by atoms with Gasteiger partial charge < -0.3 is 4.74 Å². The van der Waals surface area contributed by atoms with Crippen LogP contribution < -0.4 is 0 Å². The number of esters is 1. The van der Waals surface area contributed by atoms with Gasteiger partial charge in [-0.25, -0.2) is 0 Å². The summed E-state index contributed by atoms with van der Waals surface area (Å²) >= 11 is 0. The maximum Gasteiger partial charge on any atom is 0.305 e. The highest BCUT2D eigenvalue weighted by Crippen LogP contribution is 2.20. The van der Waals surface area contributed by atoms with Crippen molar-refractivity contribution in [1.82, 2.24) is 0 Å². The third-order valence-corrected chi connectivity index (χ3v) is 2.49. The van der Waals surface area contributed by atoms with Crippen LogP contribution in [0.3, 0.4) is 0 Å². The standard InChI is InChI=1S/C12H20O3/c1-5-12(2,3)10(13)8-6-7-9-11(14)15-4/h5H,1,6-9H2,2-4H3. The van der Waals surface area contributed by atoms with Crippen molar-refractivity contribution in [2.75, 3.05) is 7.11 Å². The lowest BCUT2D eigenvalue weighted by atomic mass is 9.86.